The van der Waals surface area contributed by atoms with Crippen molar-refractivity contribution in [2.24, 2.45) is 7.05 Å². The number of aromatic amines is 1. The van der Waals surface area contributed by atoms with E-state index in [1.54, 1.807) is 30.2 Å². The predicted molar refractivity (Wildman–Crippen MR) is 69.6 cm³/mol. The van der Waals surface area contributed by atoms with Crippen LogP contribution in [-0.2, 0) is 13.6 Å². The summed E-state index contributed by atoms with van der Waals surface area (Å²) >= 11 is 0. The molecule has 0 fully saturated rings. The van der Waals surface area contributed by atoms with Crippen LogP contribution in [0.3, 0.4) is 0 Å². The Kier molecular flexibility index (Phi) is 2.48. The first-order valence-electron chi connectivity index (χ1n) is 5.62. The lowest BCUT2D eigenvalue weighted by molar-refractivity contribution is 0.555. The van der Waals surface area contributed by atoms with Gasteiger partial charge < -0.3 is 15.5 Å². The number of nitrogens with zero attached hydrogens (tertiary/aromatic N) is 3. The summed E-state index contributed by atoms with van der Waals surface area (Å²) in [5.41, 5.74) is 8.09. The molecule has 98 valence electrons. The van der Waals surface area contributed by atoms with Gasteiger partial charge in [-0.05, 0) is 6.07 Å². The maximum atomic E-state index is 11.1. The number of benzene rings is 1. The molecule has 8 heteroatoms. The summed E-state index contributed by atoms with van der Waals surface area (Å²) in [4.78, 5) is 17.8. The summed E-state index contributed by atoms with van der Waals surface area (Å²) in [6.45, 7) is 0.443. The van der Waals surface area contributed by atoms with Gasteiger partial charge in [0.05, 0.1) is 23.4 Å². The zero-order valence-corrected chi connectivity index (χ0v) is 10.2. The third-order valence-corrected chi connectivity index (χ3v) is 2.68. The lowest BCUT2D eigenvalue weighted by atomic mass is 10.2. The van der Waals surface area contributed by atoms with E-state index in [0.717, 1.165) is 0 Å². The molecule has 0 aliphatic carbocycles. The molecule has 0 atom stereocenters. The molecule has 0 saturated heterocycles. The zero-order chi connectivity index (χ0) is 13.4. The van der Waals surface area contributed by atoms with Gasteiger partial charge in [-0.2, -0.15) is 5.10 Å². The molecule has 0 radical (unpaired) electrons. The van der Waals surface area contributed by atoms with Crippen LogP contribution in [0.2, 0.25) is 0 Å². The molecule has 1 aromatic carbocycles. The molecule has 0 amide bonds. The largest absolute Gasteiger partial charge is 0.417 e. The first-order valence-corrected chi connectivity index (χ1v) is 5.62. The Labute approximate surface area is 107 Å². The number of nitrogen functional groups attached to an aromatic ring is 1. The lowest BCUT2D eigenvalue weighted by Gasteiger charge is -2.07. The Morgan fingerprint density at radius 3 is 3.11 bits per heavy atom. The minimum absolute atomic E-state index is 0.434. The molecule has 0 aliphatic rings. The van der Waals surface area contributed by atoms with Crippen molar-refractivity contribution in [3.63, 3.8) is 0 Å². The minimum Gasteiger partial charge on any atom is -0.408 e. The first kappa shape index (κ1) is 11.3. The summed E-state index contributed by atoms with van der Waals surface area (Å²) < 4.78 is 6.55. The summed E-state index contributed by atoms with van der Waals surface area (Å²) in [5, 5.41) is 7.26. The Morgan fingerprint density at radius 1 is 1.53 bits per heavy atom. The number of H-pyrrole nitrogens is 1. The van der Waals surface area contributed by atoms with E-state index in [1.165, 1.54) is 0 Å². The van der Waals surface area contributed by atoms with Crippen LogP contribution in [0.15, 0.2) is 27.7 Å². The Bertz CT molecular complexity index is 784. The van der Waals surface area contributed by atoms with Gasteiger partial charge in [-0.3, -0.25) is 9.67 Å². The normalized spacial score (nSPS) is 11.0. The number of hydrogen-bond donors (Lipinski definition) is 3. The van der Waals surface area contributed by atoms with Crippen molar-refractivity contribution in [3.05, 3.63) is 34.8 Å². The summed E-state index contributed by atoms with van der Waals surface area (Å²) in [5.74, 6) is 0.153. The number of rotatable bonds is 3. The van der Waals surface area contributed by atoms with E-state index in [4.69, 9.17) is 10.2 Å². The lowest BCUT2D eigenvalue weighted by Crippen LogP contribution is -2.04. The molecular formula is C11H12N6O2. The fourth-order valence-corrected chi connectivity index (χ4v) is 1.81. The topological polar surface area (TPSA) is 115 Å². The molecule has 0 aliphatic heterocycles. The number of aromatic nitrogens is 4. The number of anilines is 2. The van der Waals surface area contributed by atoms with Crippen LogP contribution >= 0.6 is 0 Å². The highest BCUT2D eigenvalue weighted by Crippen LogP contribution is 2.24. The smallest absolute Gasteiger partial charge is 0.408 e. The Morgan fingerprint density at radius 2 is 2.37 bits per heavy atom. The molecule has 3 rings (SSSR count). The van der Waals surface area contributed by atoms with Gasteiger partial charge in [-0.15, -0.1) is 0 Å². The van der Waals surface area contributed by atoms with E-state index in [2.05, 4.69) is 20.4 Å². The van der Waals surface area contributed by atoms with E-state index < -0.39 is 5.76 Å². The van der Waals surface area contributed by atoms with E-state index in [9.17, 15) is 4.79 Å². The molecule has 0 unspecified atom stereocenters. The summed E-state index contributed by atoms with van der Waals surface area (Å²) in [7, 11) is 1.80. The quantitative estimate of drug-likeness (QED) is 0.589. The van der Waals surface area contributed by atoms with Gasteiger partial charge in [-0.25, -0.2) is 9.78 Å². The Hall–Kier alpha value is -2.77. The van der Waals surface area contributed by atoms with E-state index in [0.29, 0.717) is 34.8 Å². The van der Waals surface area contributed by atoms with Crippen LogP contribution in [0.5, 0.6) is 0 Å². The third-order valence-electron chi connectivity index (χ3n) is 2.68. The van der Waals surface area contributed by atoms with Crippen LogP contribution in [-0.4, -0.2) is 19.7 Å². The van der Waals surface area contributed by atoms with Gasteiger partial charge in [0.2, 0.25) is 0 Å². The molecule has 0 bridgehead atoms. The highest BCUT2D eigenvalue weighted by Gasteiger charge is 2.07. The number of aryl methyl sites for hydroxylation is 1. The van der Waals surface area contributed by atoms with Crippen molar-refractivity contribution in [2.75, 3.05) is 11.1 Å². The monoisotopic (exact) mass is 260 g/mol. The predicted octanol–water partition coefficient (Wildman–Crippen LogP) is 0.444. The second-order valence-corrected chi connectivity index (χ2v) is 4.14. The molecule has 4 N–H and O–H groups in total. The zero-order valence-electron chi connectivity index (χ0n) is 10.2. The summed E-state index contributed by atoms with van der Waals surface area (Å²) in [6, 6.07) is 3.32. The van der Waals surface area contributed by atoms with Gasteiger partial charge in [0.25, 0.3) is 0 Å². The summed E-state index contributed by atoms with van der Waals surface area (Å²) in [6.07, 6.45) is 1.62. The van der Waals surface area contributed by atoms with Crippen molar-refractivity contribution < 1.29 is 4.42 Å². The second-order valence-electron chi connectivity index (χ2n) is 4.14. The van der Waals surface area contributed by atoms with Gasteiger partial charge in [0.15, 0.2) is 11.4 Å². The van der Waals surface area contributed by atoms with Crippen LogP contribution in [0.1, 0.15) is 5.82 Å². The van der Waals surface area contributed by atoms with Crippen molar-refractivity contribution in [1.82, 2.24) is 19.7 Å². The average Bonchev–Trinajstić information content (AvgIpc) is 2.91. The number of nitrogens with one attached hydrogen (secondary N) is 2. The number of nitrogens with two attached hydrogens (primary N) is 1. The van der Waals surface area contributed by atoms with Crippen molar-refractivity contribution in [2.45, 2.75) is 6.54 Å². The first-order chi connectivity index (χ1) is 9.11. The molecule has 0 saturated carbocycles. The van der Waals surface area contributed by atoms with E-state index >= 15 is 0 Å². The van der Waals surface area contributed by atoms with Gasteiger partial charge in [-0.1, -0.05) is 0 Å². The molecular weight excluding hydrogens is 248 g/mol. The standard InChI is InChI=1S/C11H12N6O2/c1-17-5-14-10(16-17)4-13-7-3-8-9(2-6(7)12)19-11(18)15-8/h2-3,5,13H,4,12H2,1H3,(H,15,18). The van der Waals surface area contributed by atoms with Crippen LogP contribution in [0, 0.1) is 0 Å². The van der Waals surface area contributed by atoms with Crippen LogP contribution in [0.4, 0.5) is 11.4 Å². The SMILES string of the molecule is Cn1cnc(CNc2cc3[nH]c(=O)oc3cc2N)n1. The van der Waals surface area contributed by atoms with E-state index in [-0.39, 0.29) is 0 Å². The molecule has 0 spiro atoms. The average molecular weight is 260 g/mol. The van der Waals surface area contributed by atoms with E-state index in [1.807, 2.05) is 0 Å². The molecule has 19 heavy (non-hydrogen) atoms. The highest BCUT2D eigenvalue weighted by molar-refractivity contribution is 5.85. The third kappa shape index (κ3) is 2.15. The van der Waals surface area contributed by atoms with Gasteiger partial charge >= 0.3 is 5.76 Å². The van der Waals surface area contributed by atoms with Crippen LogP contribution < -0.4 is 16.8 Å². The molecule has 8 nitrogen and oxygen atoms in total. The fourth-order valence-electron chi connectivity index (χ4n) is 1.81. The Balaban J connectivity index is 1.87. The maximum Gasteiger partial charge on any atom is 0.417 e. The van der Waals surface area contributed by atoms with Crippen molar-refractivity contribution >= 4 is 22.5 Å². The number of hydrogen-bond acceptors (Lipinski definition) is 6. The number of oxazole rings is 1. The highest BCUT2D eigenvalue weighted by atomic mass is 16.4. The minimum atomic E-state index is -0.502. The maximum absolute atomic E-state index is 11.1. The number of fused-ring (bicyclic) bond motifs is 1. The van der Waals surface area contributed by atoms with Gasteiger partial charge in [0, 0.05) is 13.1 Å². The van der Waals surface area contributed by atoms with Crippen LogP contribution in [0.25, 0.3) is 11.1 Å². The van der Waals surface area contributed by atoms with Crippen molar-refractivity contribution in [1.29, 1.82) is 0 Å². The molecule has 2 aromatic heterocycles. The molecule has 3 aromatic rings. The van der Waals surface area contributed by atoms with Crippen molar-refractivity contribution in [3.8, 4) is 0 Å². The second kappa shape index (κ2) is 4.16. The molecule has 2 heterocycles. The van der Waals surface area contributed by atoms with Gasteiger partial charge in [0.1, 0.15) is 6.33 Å². The fraction of sp³-hybridized carbons (Fsp3) is 0.182.